The van der Waals surface area contributed by atoms with E-state index in [4.69, 9.17) is 10.00 Å². The van der Waals surface area contributed by atoms with Crippen LogP contribution in [0, 0.1) is 17.1 Å². The number of nitriles is 1. The molecule has 0 bridgehead atoms. The van der Waals surface area contributed by atoms with Gasteiger partial charge in [-0.2, -0.15) is 10.5 Å². The van der Waals surface area contributed by atoms with Gasteiger partial charge in [-0.1, -0.05) is 0 Å². The Labute approximate surface area is 137 Å². The van der Waals surface area contributed by atoms with E-state index in [0.29, 0.717) is 5.69 Å². The lowest BCUT2D eigenvalue weighted by Crippen LogP contribution is -2.24. The summed E-state index contributed by atoms with van der Waals surface area (Å²) in [6.07, 6.45) is 1.33. The second-order valence-electron chi connectivity index (χ2n) is 5.75. The van der Waals surface area contributed by atoms with Crippen LogP contribution in [-0.2, 0) is 4.74 Å². The molecule has 124 valence electrons. The van der Waals surface area contributed by atoms with Crippen LogP contribution in [0.4, 0.5) is 10.1 Å². The number of esters is 1. The number of H-pyrrole nitrogens is 1. The lowest BCUT2D eigenvalue weighted by molar-refractivity contribution is 0.00648. The topological polar surface area (TPSA) is 117 Å². The molecule has 1 aromatic carbocycles. The lowest BCUT2D eigenvalue weighted by Gasteiger charge is -2.19. The molecule has 2 rings (SSSR count). The Bertz CT molecular complexity index is 802. The van der Waals surface area contributed by atoms with Crippen molar-refractivity contribution < 1.29 is 13.9 Å². The van der Waals surface area contributed by atoms with E-state index in [2.05, 4.69) is 25.9 Å². The number of nitrogens with one attached hydrogen (secondary N) is 2. The van der Waals surface area contributed by atoms with E-state index in [0.717, 1.165) is 6.07 Å². The van der Waals surface area contributed by atoms with E-state index in [-0.39, 0.29) is 17.0 Å². The molecule has 0 fully saturated rings. The molecule has 0 spiro atoms. The molecule has 8 nitrogen and oxygen atoms in total. The van der Waals surface area contributed by atoms with Crippen molar-refractivity contribution in [2.75, 3.05) is 5.32 Å². The first-order valence-electron chi connectivity index (χ1n) is 6.93. The standard InChI is InChI=1S/C15H15FN6O2/c1-15(2,3)24-14(23)11-6-10(4-5-12(11)16)18-8-9(7-17)13-19-21-22-20-13/h4-6,8,18H,1-3H3,(H,19,20,21,22). The Morgan fingerprint density at radius 1 is 1.46 bits per heavy atom. The minimum atomic E-state index is -0.772. The van der Waals surface area contributed by atoms with Gasteiger partial charge in [-0.15, -0.1) is 10.2 Å². The van der Waals surface area contributed by atoms with Gasteiger partial charge in [-0.25, -0.2) is 9.18 Å². The van der Waals surface area contributed by atoms with Crippen molar-refractivity contribution >= 4 is 17.2 Å². The highest BCUT2D eigenvalue weighted by atomic mass is 19.1. The van der Waals surface area contributed by atoms with Gasteiger partial charge >= 0.3 is 5.97 Å². The molecule has 0 aliphatic heterocycles. The second kappa shape index (κ2) is 6.87. The van der Waals surface area contributed by atoms with E-state index in [1.807, 2.05) is 6.07 Å². The summed E-state index contributed by atoms with van der Waals surface area (Å²) in [6.45, 7) is 5.08. The SMILES string of the molecule is CC(C)(C)OC(=O)c1cc(NC=C(C#N)c2nn[nH]n2)ccc1F. The van der Waals surface area contributed by atoms with Crippen molar-refractivity contribution in [1.29, 1.82) is 5.26 Å². The highest BCUT2D eigenvalue weighted by Crippen LogP contribution is 2.19. The van der Waals surface area contributed by atoms with Gasteiger partial charge in [0.15, 0.2) is 0 Å². The number of aromatic amines is 1. The molecule has 0 radical (unpaired) electrons. The molecule has 0 atom stereocenters. The molecule has 24 heavy (non-hydrogen) atoms. The normalized spacial score (nSPS) is 11.7. The first-order chi connectivity index (χ1) is 11.3. The van der Waals surface area contributed by atoms with E-state index < -0.39 is 17.4 Å². The molecule has 2 N–H and O–H groups in total. The number of tetrazole rings is 1. The summed E-state index contributed by atoms with van der Waals surface area (Å²) in [7, 11) is 0. The van der Waals surface area contributed by atoms with E-state index in [9.17, 15) is 9.18 Å². The van der Waals surface area contributed by atoms with Gasteiger partial charge in [0.2, 0.25) is 5.82 Å². The van der Waals surface area contributed by atoms with E-state index >= 15 is 0 Å². The maximum Gasteiger partial charge on any atom is 0.341 e. The predicted molar refractivity (Wildman–Crippen MR) is 83.0 cm³/mol. The van der Waals surface area contributed by atoms with Crippen LogP contribution in [0.2, 0.25) is 0 Å². The molecule has 0 aliphatic carbocycles. The molecule has 0 unspecified atom stereocenters. The van der Waals surface area contributed by atoms with Gasteiger partial charge in [0.25, 0.3) is 0 Å². The molecule has 0 saturated carbocycles. The molecule has 9 heteroatoms. The number of anilines is 1. The maximum absolute atomic E-state index is 13.9. The number of carbonyl (C=O) groups excluding carboxylic acids is 1. The van der Waals surface area contributed by atoms with Gasteiger partial charge < -0.3 is 10.1 Å². The fourth-order valence-corrected chi connectivity index (χ4v) is 1.68. The zero-order valence-electron chi connectivity index (χ0n) is 13.3. The van der Waals surface area contributed by atoms with Crippen molar-refractivity contribution in [2.24, 2.45) is 0 Å². The Balaban J connectivity index is 2.22. The third-order valence-electron chi connectivity index (χ3n) is 2.68. The summed E-state index contributed by atoms with van der Waals surface area (Å²) < 4.78 is 19.0. The summed E-state index contributed by atoms with van der Waals surface area (Å²) in [5.41, 5.74) is -0.429. The van der Waals surface area contributed by atoms with Gasteiger partial charge in [0.1, 0.15) is 23.1 Å². The average molecular weight is 330 g/mol. The average Bonchev–Trinajstić information content (AvgIpc) is 3.02. The third kappa shape index (κ3) is 4.36. The van der Waals surface area contributed by atoms with Gasteiger partial charge in [-0.3, -0.25) is 0 Å². The first kappa shape index (κ1) is 17.1. The van der Waals surface area contributed by atoms with Crippen LogP contribution in [0.1, 0.15) is 37.0 Å². The number of allylic oxidation sites excluding steroid dienone is 1. The molecule has 0 aliphatic rings. The zero-order valence-corrected chi connectivity index (χ0v) is 13.3. The van der Waals surface area contributed by atoms with Crippen LogP contribution in [0.25, 0.3) is 5.57 Å². The minimum Gasteiger partial charge on any atom is -0.456 e. The molecule has 0 amide bonds. The molecule has 1 aromatic heterocycles. The van der Waals surface area contributed by atoms with Crippen LogP contribution in [0.15, 0.2) is 24.4 Å². The largest absolute Gasteiger partial charge is 0.456 e. The van der Waals surface area contributed by atoms with Gasteiger partial charge in [0.05, 0.1) is 5.56 Å². The predicted octanol–water partition coefficient (Wildman–Crippen LogP) is 2.27. The number of nitrogens with zero attached hydrogens (tertiary/aromatic N) is 4. The number of ether oxygens (including phenoxy) is 1. The Hall–Kier alpha value is -3.28. The zero-order chi connectivity index (χ0) is 17.7. The number of hydrogen-bond acceptors (Lipinski definition) is 7. The van der Waals surface area contributed by atoms with Crippen molar-refractivity contribution in [1.82, 2.24) is 20.6 Å². The van der Waals surface area contributed by atoms with E-state index in [1.54, 1.807) is 20.8 Å². The van der Waals surface area contributed by atoms with Crippen LogP contribution >= 0.6 is 0 Å². The van der Waals surface area contributed by atoms with Crippen molar-refractivity contribution in [3.8, 4) is 6.07 Å². The van der Waals surface area contributed by atoms with Crippen molar-refractivity contribution in [2.45, 2.75) is 26.4 Å². The smallest absolute Gasteiger partial charge is 0.341 e. The molecular formula is C15H15FN6O2. The number of hydrogen-bond donors (Lipinski definition) is 2. The second-order valence-corrected chi connectivity index (χ2v) is 5.75. The number of carbonyl (C=O) groups is 1. The Morgan fingerprint density at radius 2 is 2.21 bits per heavy atom. The van der Waals surface area contributed by atoms with Gasteiger partial charge in [0, 0.05) is 11.9 Å². The van der Waals surface area contributed by atoms with Crippen LogP contribution in [0.3, 0.4) is 0 Å². The van der Waals surface area contributed by atoms with Crippen LogP contribution in [0.5, 0.6) is 0 Å². The number of rotatable bonds is 4. The summed E-state index contributed by atoms with van der Waals surface area (Å²) in [5.74, 6) is -1.36. The van der Waals surface area contributed by atoms with Crippen molar-refractivity contribution in [3.63, 3.8) is 0 Å². The number of benzene rings is 1. The minimum absolute atomic E-state index is 0.111. The molecular weight excluding hydrogens is 315 g/mol. The fourth-order valence-electron chi connectivity index (χ4n) is 1.68. The molecule has 2 aromatic rings. The van der Waals surface area contributed by atoms with Crippen molar-refractivity contribution in [3.05, 3.63) is 41.6 Å². The Morgan fingerprint density at radius 3 is 2.79 bits per heavy atom. The Kier molecular flexibility index (Phi) is 4.89. The number of aromatic nitrogens is 4. The fraction of sp³-hybridized carbons (Fsp3) is 0.267. The summed E-state index contributed by atoms with van der Waals surface area (Å²) in [6, 6.07) is 5.76. The highest BCUT2D eigenvalue weighted by Gasteiger charge is 2.21. The van der Waals surface area contributed by atoms with Crippen LogP contribution < -0.4 is 5.32 Å². The van der Waals surface area contributed by atoms with Gasteiger partial charge in [-0.05, 0) is 44.2 Å². The highest BCUT2D eigenvalue weighted by molar-refractivity contribution is 5.91. The quantitative estimate of drug-likeness (QED) is 0.652. The van der Waals surface area contributed by atoms with E-state index in [1.165, 1.54) is 18.3 Å². The van der Waals surface area contributed by atoms with Crippen LogP contribution in [-0.4, -0.2) is 32.2 Å². The molecule has 1 heterocycles. The number of halogens is 1. The third-order valence-corrected chi connectivity index (χ3v) is 2.68. The summed E-state index contributed by atoms with van der Waals surface area (Å²) in [4.78, 5) is 12.0. The summed E-state index contributed by atoms with van der Waals surface area (Å²) >= 11 is 0. The maximum atomic E-state index is 13.9. The first-order valence-corrected chi connectivity index (χ1v) is 6.93. The lowest BCUT2D eigenvalue weighted by atomic mass is 10.1. The summed E-state index contributed by atoms with van der Waals surface area (Å²) in [5, 5.41) is 24.8. The molecule has 0 saturated heterocycles. The monoisotopic (exact) mass is 330 g/mol.